The first-order valence-corrected chi connectivity index (χ1v) is 6.63. The first-order valence-electron chi connectivity index (χ1n) is 6.63. The van der Waals surface area contributed by atoms with E-state index in [-0.39, 0.29) is 23.6 Å². The number of aldehydes is 1. The molecule has 1 aromatic rings. The topological polar surface area (TPSA) is 89.7 Å². The number of nitro groups is 1. The molecule has 0 aliphatic heterocycles. The largest absolute Gasteiger partial charge is 0.484 e. The smallest absolute Gasteiger partial charge is 0.311 e. The van der Waals surface area contributed by atoms with E-state index in [1.54, 1.807) is 0 Å². The van der Waals surface area contributed by atoms with Crippen LogP contribution in [0.3, 0.4) is 0 Å². The van der Waals surface area contributed by atoms with E-state index >= 15 is 0 Å². The van der Waals surface area contributed by atoms with Crippen molar-refractivity contribution in [1.29, 1.82) is 0 Å². The van der Waals surface area contributed by atoms with E-state index in [1.165, 1.54) is 18.2 Å². The van der Waals surface area contributed by atoms with Gasteiger partial charge in [0.05, 0.1) is 10.5 Å². The van der Waals surface area contributed by atoms with Crippen molar-refractivity contribution in [2.75, 3.05) is 6.61 Å². The van der Waals surface area contributed by atoms with Crippen molar-refractivity contribution >= 4 is 12.0 Å². The van der Waals surface area contributed by atoms with Gasteiger partial charge in [-0.2, -0.15) is 0 Å². The second kappa shape index (κ2) is 6.00. The van der Waals surface area contributed by atoms with E-state index in [2.05, 4.69) is 0 Å². The molecule has 2 rings (SSSR count). The van der Waals surface area contributed by atoms with Crippen LogP contribution in [-0.4, -0.2) is 28.5 Å². The highest BCUT2D eigenvalue weighted by Gasteiger charge is 2.31. The summed E-state index contributed by atoms with van der Waals surface area (Å²) in [6.45, 7) is 0.0360. The zero-order chi connectivity index (χ0) is 14.6. The quantitative estimate of drug-likeness (QED) is 0.508. The summed E-state index contributed by atoms with van der Waals surface area (Å²) in [7, 11) is 0. The third kappa shape index (κ3) is 3.33. The van der Waals surface area contributed by atoms with Gasteiger partial charge in [-0.3, -0.25) is 14.9 Å². The van der Waals surface area contributed by atoms with Gasteiger partial charge in [0.2, 0.25) is 0 Å². The molecule has 0 atom stereocenters. The van der Waals surface area contributed by atoms with Crippen molar-refractivity contribution in [2.45, 2.75) is 37.7 Å². The number of nitrogens with zero attached hydrogens (tertiary/aromatic N) is 1. The highest BCUT2D eigenvalue weighted by Crippen LogP contribution is 2.32. The predicted molar refractivity (Wildman–Crippen MR) is 72.0 cm³/mol. The van der Waals surface area contributed by atoms with Crippen LogP contribution in [0.1, 0.15) is 42.5 Å². The number of carbonyl (C=O) groups is 1. The monoisotopic (exact) mass is 279 g/mol. The molecule has 1 fully saturated rings. The van der Waals surface area contributed by atoms with Crippen LogP contribution in [0.25, 0.3) is 0 Å². The molecule has 1 saturated carbocycles. The average molecular weight is 279 g/mol. The van der Waals surface area contributed by atoms with Gasteiger partial charge in [0, 0.05) is 11.6 Å². The van der Waals surface area contributed by atoms with Crippen LogP contribution >= 0.6 is 0 Å². The van der Waals surface area contributed by atoms with E-state index < -0.39 is 10.5 Å². The Hall–Kier alpha value is -1.95. The molecule has 6 nitrogen and oxygen atoms in total. The molecule has 1 aliphatic carbocycles. The highest BCUT2D eigenvalue weighted by atomic mass is 16.6. The van der Waals surface area contributed by atoms with Gasteiger partial charge < -0.3 is 9.84 Å². The minimum Gasteiger partial charge on any atom is -0.484 e. The van der Waals surface area contributed by atoms with Gasteiger partial charge in [0.15, 0.2) is 5.75 Å². The number of carbonyl (C=O) groups excluding carboxylic acids is 1. The third-order valence-electron chi connectivity index (χ3n) is 3.60. The Morgan fingerprint density at radius 2 is 2.05 bits per heavy atom. The number of hydrogen-bond acceptors (Lipinski definition) is 5. The molecule has 0 amide bonds. The number of aliphatic hydroxyl groups is 1. The Labute approximate surface area is 116 Å². The number of hydrogen-bond donors (Lipinski definition) is 1. The Kier molecular flexibility index (Phi) is 4.34. The summed E-state index contributed by atoms with van der Waals surface area (Å²) in [5.41, 5.74) is -0.940. The summed E-state index contributed by atoms with van der Waals surface area (Å²) in [6, 6.07) is 4.03. The molecule has 0 aromatic heterocycles. The van der Waals surface area contributed by atoms with E-state index in [0.717, 1.165) is 19.3 Å². The van der Waals surface area contributed by atoms with Crippen LogP contribution in [-0.2, 0) is 0 Å². The molecule has 20 heavy (non-hydrogen) atoms. The molecule has 6 heteroatoms. The van der Waals surface area contributed by atoms with E-state index in [4.69, 9.17) is 4.74 Å². The first-order chi connectivity index (χ1) is 9.54. The summed E-state index contributed by atoms with van der Waals surface area (Å²) >= 11 is 0. The molecule has 0 saturated heterocycles. The maximum atomic E-state index is 11.0. The van der Waals surface area contributed by atoms with Crippen molar-refractivity contribution in [3.05, 3.63) is 33.9 Å². The third-order valence-corrected chi connectivity index (χ3v) is 3.60. The van der Waals surface area contributed by atoms with Crippen molar-refractivity contribution in [1.82, 2.24) is 0 Å². The van der Waals surface area contributed by atoms with Crippen molar-refractivity contribution in [3.8, 4) is 5.75 Å². The highest BCUT2D eigenvalue weighted by molar-refractivity contribution is 5.77. The number of benzene rings is 1. The zero-order valence-electron chi connectivity index (χ0n) is 11.1. The summed E-state index contributed by atoms with van der Waals surface area (Å²) in [5, 5.41) is 21.3. The fraction of sp³-hybridized carbons (Fsp3) is 0.500. The van der Waals surface area contributed by atoms with Gasteiger partial charge in [0.25, 0.3) is 0 Å². The molecule has 0 spiro atoms. The lowest BCUT2D eigenvalue weighted by Gasteiger charge is -2.31. The number of nitro benzene ring substituents is 1. The Morgan fingerprint density at radius 3 is 2.65 bits per heavy atom. The van der Waals surface area contributed by atoms with E-state index in [0.29, 0.717) is 19.1 Å². The minimum atomic E-state index is -0.907. The average Bonchev–Trinajstić information content (AvgIpc) is 2.45. The van der Waals surface area contributed by atoms with E-state index in [1.807, 2.05) is 0 Å². The van der Waals surface area contributed by atoms with Crippen LogP contribution in [0.15, 0.2) is 18.2 Å². The van der Waals surface area contributed by atoms with Crippen LogP contribution in [0.5, 0.6) is 5.75 Å². The fourth-order valence-corrected chi connectivity index (χ4v) is 2.44. The predicted octanol–water partition coefficient (Wildman–Crippen LogP) is 2.48. The lowest BCUT2D eigenvalue weighted by atomic mass is 9.85. The van der Waals surface area contributed by atoms with Gasteiger partial charge in [-0.15, -0.1) is 0 Å². The zero-order valence-corrected chi connectivity index (χ0v) is 11.1. The maximum Gasteiger partial charge on any atom is 0.311 e. The van der Waals surface area contributed by atoms with Gasteiger partial charge in [-0.05, 0) is 25.0 Å². The SMILES string of the molecule is O=Cc1ccc(OCC2(O)CCCCC2)c([N+](=O)[O-])c1. The molecular weight excluding hydrogens is 262 g/mol. The Balaban J connectivity index is 2.12. The molecule has 0 bridgehead atoms. The fourth-order valence-electron chi connectivity index (χ4n) is 2.44. The molecule has 1 aliphatic rings. The van der Waals surface area contributed by atoms with Gasteiger partial charge in [0.1, 0.15) is 12.9 Å². The maximum absolute atomic E-state index is 11.0. The van der Waals surface area contributed by atoms with Crippen molar-refractivity contribution in [3.63, 3.8) is 0 Å². The van der Waals surface area contributed by atoms with Gasteiger partial charge in [-0.25, -0.2) is 0 Å². The second-order valence-corrected chi connectivity index (χ2v) is 5.18. The second-order valence-electron chi connectivity index (χ2n) is 5.18. The lowest BCUT2D eigenvalue weighted by molar-refractivity contribution is -0.386. The van der Waals surface area contributed by atoms with Crippen molar-refractivity contribution < 1.29 is 19.6 Å². The van der Waals surface area contributed by atoms with Gasteiger partial charge >= 0.3 is 5.69 Å². The van der Waals surface area contributed by atoms with Crippen LogP contribution in [0.2, 0.25) is 0 Å². The van der Waals surface area contributed by atoms with Crippen LogP contribution < -0.4 is 4.74 Å². The van der Waals surface area contributed by atoms with Crippen LogP contribution in [0, 0.1) is 10.1 Å². The number of rotatable bonds is 5. The summed E-state index contributed by atoms with van der Waals surface area (Å²) in [5.74, 6) is 0.0830. The summed E-state index contributed by atoms with van der Waals surface area (Å²) < 4.78 is 5.43. The molecule has 0 radical (unpaired) electrons. The molecule has 0 heterocycles. The number of ether oxygens (including phenoxy) is 1. The lowest BCUT2D eigenvalue weighted by Crippen LogP contribution is -2.38. The standard InChI is InChI=1S/C14H17NO5/c16-9-11-4-5-13(12(8-11)15(18)19)20-10-14(17)6-2-1-3-7-14/h4-5,8-9,17H,1-3,6-7,10H2. The molecule has 0 unspecified atom stereocenters. The molecule has 1 aromatic carbocycles. The molecular formula is C14H17NO5. The normalized spacial score (nSPS) is 17.4. The summed E-state index contributed by atoms with van der Waals surface area (Å²) in [6.07, 6.45) is 4.81. The van der Waals surface area contributed by atoms with Crippen LogP contribution in [0.4, 0.5) is 5.69 Å². The Morgan fingerprint density at radius 1 is 1.35 bits per heavy atom. The molecule has 1 N–H and O–H groups in total. The van der Waals surface area contributed by atoms with E-state index in [9.17, 15) is 20.0 Å². The first kappa shape index (κ1) is 14.5. The van der Waals surface area contributed by atoms with Crippen molar-refractivity contribution in [2.24, 2.45) is 0 Å². The molecule has 108 valence electrons. The van der Waals surface area contributed by atoms with Gasteiger partial charge in [-0.1, -0.05) is 19.3 Å². The Bertz CT molecular complexity index is 508. The summed E-state index contributed by atoms with van der Waals surface area (Å²) in [4.78, 5) is 21.0. The minimum absolute atomic E-state index is 0.0360.